The van der Waals surface area contributed by atoms with Gasteiger partial charge < -0.3 is 4.74 Å². The van der Waals surface area contributed by atoms with Gasteiger partial charge in [0.05, 0.1) is 24.7 Å². The first kappa shape index (κ1) is 19.5. The van der Waals surface area contributed by atoms with Gasteiger partial charge >= 0.3 is 0 Å². The lowest BCUT2D eigenvalue weighted by Gasteiger charge is -2.02. The van der Waals surface area contributed by atoms with Crippen molar-refractivity contribution in [2.45, 2.75) is 6.92 Å². The molecule has 0 aliphatic rings. The minimum absolute atomic E-state index is 0.347. The molecule has 2 aromatic carbocycles. The molecule has 8 nitrogen and oxygen atoms in total. The standard InChI is InChI=1S/C21H18N6O2S/c1-14-20(30-26-23-14)21(28)24-22-12-16-13-27(17-6-4-3-5-7-17)25-19(16)15-8-10-18(29-2)11-9-15/h3-13H,1-2H3,(H,24,28). The highest BCUT2D eigenvalue weighted by Gasteiger charge is 2.14. The van der Waals surface area contributed by atoms with Crippen LogP contribution in [0.4, 0.5) is 0 Å². The van der Waals surface area contributed by atoms with Crippen LogP contribution in [-0.4, -0.2) is 38.6 Å². The zero-order chi connectivity index (χ0) is 20.9. The molecule has 0 aliphatic heterocycles. The first-order chi connectivity index (χ1) is 14.7. The van der Waals surface area contributed by atoms with E-state index in [1.165, 1.54) is 0 Å². The first-order valence-electron chi connectivity index (χ1n) is 9.07. The number of hydrogen-bond acceptors (Lipinski definition) is 7. The molecule has 150 valence electrons. The van der Waals surface area contributed by atoms with Crippen molar-refractivity contribution < 1.29 is 9.53 Å². The van der Waals surface area contributed by atoms with E-state index in [1.54, 1.807) is 24.9 Å². The molecular formula is C21H18N6O2S. The fourth-order valence-electron chi connectivity index (χ4n) is 2.82. The highest BCUT2D eigenvalue weighted by atomic mass is 32.1. The number of nitrogens with zero attached hydrogens (tertiary/aromatic N) is 5. The summed E-state index contributed by atoms with van der Waals surface area (Å²) >= 11 is 1.03. The SMILES string of the molecule is COc1ccc(-c2nn(-c3ccccc3)cc2C=NNC(=O)c2snnc2C)cc1. The van der Waals surface area contributed by atoms with Gasteiger partial charge in [-0.05, 0) is 54.9 Å². The number of hydrogen-bond donors (Lipinski definition) is 1. The fraction of sp³-hybridized carbons (Fsp3) is 0.0952. The van der Waals surface area contributed by atoms with Gasteiger partial charge in [0.1, 0.15) is 16.3 Å². The number of carbonyl (C=O) groups is 1. The summed E-state index contributed by atoms with van der Waals surface area (Å²) in [5.41, 5.74) is 6.40. The van der Waals surface area contributed by atoms with E-state index in [2.05, 4.69) is 20.1 Å². The summed E-state index contributed by atoms with van der Waals surface area (Å²) in [7, 11) is 1.63. The Morgan fingerprint density at radius 3 is 2.60 bits per heavy atom. The monoisotopic (exact) mass is 418 g/mol. The van der Waals surface area contributed by atoms with E-state index in [9.17, 15) is 4.79 Å². The summed E-state index contributed by atoms with van der Waals surface area (Å²) < 4.78 is 10.8. The lowest BCUT2D eigenvalue weighted by atomic mass is 10.1. The second-order valence-electron chi connectivity index (χ2n) is 6.33. The van der Waals surface area contributed by atoms with E-state index in [-0.39, 0.29) is 5.91 Å². The largest absolute Gasteiger partial charge is 0.497 e. The van der Waals surface area contributed by atoms with Gasteiger partial charge in [-0.3, -0.25) is 4.79 Å². The lowest BCUT2D eigenvalue weighted by Crippen LogP contribution is -2.17. The molecule has 1 amide bonds. The zero-order valence-electron chi connectivity index (χ0n) is 16.3. The van der Waals surface area contributed by atoms with Gasteiger partial charge in [-0.15, -0.1) is 5.10 Å². The normalized spacial score (nSPS) is 11.0. The molecule has 1 N–H and O–H groups in total. The Hall–Kier alpha value is -3.85. The molecule has 30 heavy (non-hydrogen) atoms. The van der Waals surface area contributed by atoms with Crippen molar-refractivity contribution in [3.05, 3.63) is 76.9 Å². The minimum atomic E-state index is -0.347. The Balaban J connectivity index is 1.65. The van der Waals surface area contributed by atoms with Crippen molar-refractivity contribution in [1.82, 2.24) is 24.8 Å². The van der Waals surface area contributed by atoms with Gasteiger partial charge in [0, 0.05) is 17.3 Å². The van der Waals surface area contributed by atoms with Crippen LogP contribution in [0.25, 0.3) is 16.9 Å². The van der Waals surface area contributed by atoms with Crippen molar-refractivity contribution in [3.8, 4) is 22.7 Å². The van der Waals surface area contributed by atoms with E-state index in [1.807, 2.05) is 60.8 Å². The number of methoxy groups -OCH3 is 1. The molecule has 0 unspecified atom stereocenters. The number of ether oxygens (including phenoxy) is 1. The van der Waals surface area contributed by atoms with Crippen molar-refractivity contribution in [2.75, 3.05) is 7.11 Å². The molecule has 0 bridgehead atoms. The predicted molar refractivity (Wildman–Crippen MR) is 115 cm³/mol. The van der Waals surface area contributed by atoms with E-state index in [0.29, 0.717) is 10.6 Å². The van der Waals surface area contributed by atoms with Crippen LogP contribution in [-0.2, 0) is 0 Å². The molecule has 0 aliphatic carbocycles. The Kier molecular flexibility index (Phi) is 5.62. The van der Waals surface area contributed by atoms with Gasteiger partial charge in [-0.1, -0.05) is 22.7 Å². The van der Waals surface area contributed by atoms with Crippen LogP contribution in [0, 0.1) is 6.92 Å². The number of carbonyl (C=O) groups excluding carboxylic acids is 1. The predicted octanol–water partition coefficient (Wildman–Crippen LogP) is 3.47. The number of amides is 1. The number of rotatable bonds is 6. The van der Waals surface area contributed by atoms with Crippen LogP contribution < -0.4 is 10.2 Å². The highest BCUT2D eigenvalue weighted by molar-refractivity contribution is 7.07. The molecule has 0 fully saturated rings. The Labute approximate surface area is 177 Å². The topological polar surface area (TPSA) is 94.3 Å². The molecule has 4 aromatic rings. The summed E-state index contributed by atoms with van der Waals surface area (Å²) in [6, 6.07) is 17.4. The number of para-hydroxylation sites is 1. The molecule has 0 spiro atoms. The third kappa shape index (κ3) is 4.11. The third-order valence-corrected chi connectivity index (χ3v) is 5.18. The van der Waals surface area contributed by atoms with Crippen LogP contribution in [0.3, 0.4) is 0 Å². The molecule has 2 heterocycles. The summed E-state index contributed by atoms with van der Waals surface area (Å²) in [6.45, 7) is 1.73. The van der Waals surface area contributed by atoms with Gasteiger partial charge in [0.15, 0.2) is 0 Å². The minimum Gasteiger partial charge on any atom is -0.497 e. The fourth-order valence-corrected chi connectivity index (χ4v) is 3.37. The quantitative estimate of drug-likeness (QED) is 0.382. The van der Waals surface area contributed by atoms with Crippen LogP contribution in [0.5, 0.6) is 5.75 Å². The van der Waals surface area contributed by atoms with Gasteiger partial charge in [0.25, 0.3) is 5.91 Å². The number of benzene rings is 2. The zero-order valence-corrected chi connectivity index (χ0v) is 17.1. The number of aromatic nitrogens is 4. The van der Waals surface area contributed by atoms with Crippen molar-refractivity contribution in [3.63, 3.8) is 0 Å². The van der Waals surface area contributed by atoms with E-state index < -0.39 is 0 Å². The average molecular weight is 418 g/mol. The maximum absolute atomic E-state index is 12.2. The van der Waals surface area contributed by atoms with Gasteiger partial charge in [0.2, 0.25) is 0 Å². The Bertz CT molecular complexity index is 1180. The molecule has 0 radical (unpaired) electrons. The van der Waals surface area contributed by atoms with Crippen LogP contribution in [0.15, 0.2) is 65.9 Å². The highest BCUT2D eigenvalue weighted by Crippen LogP contribution is 2.25. The molecule has 4 rings (SSSR count). The average Bonchev–Trinajstić information content (AvgIpc) is 3.41. The summed E-state index contributed by atoms with van der Waals surface area (Å²) in [4.78, 5) is 12.7. The van der Waals surface area contributed by atoms with E-state index in [0.717, 1.165) is 39.8 Å². The molecule has 9 heteroatoms. The number of nitrogens with one attached hydrogen (secondary N) is 1. The number of hydrazone groups is 1. The van der Waals surface area contributed by atoms with Crippen LogP contribution in [0.1, 0.15) is 20.9 Å². The third-order valence-electron chi connectivity index (χ3n) is 4.35. The molecular weight excluding hydrogens is 400 g/mol. The summed E-state index contributed by atoms with van der Waals surface area (Å²) in [5, 5.41) is 12.7. The first-order valence-corrected chi connectivity index (χ1v) is 9.85. The Morgan fingerprint density at radius 1 is 1.17 bits per heavy atom. The Morgan fingerprint density at radius 2 is 1.93 bits per heavy atom. The molecule has 2 aromatic heterocycles. The lowest BCUT2D eigenvalue weighted by molar-refractivity contribution is 0.0958. The van der Waals surface area contributed by atoms with E-state index in [4.69, 9.17) is 9.84 Å². The smallest absolute Gasteiger partial charge is 0.285 e. The molecule has 0 atom stereocenters. The summed E-state index contributed by atoms with van der Waals surface area (Å²) in [5.74, 6) is 0.414. The summed E-state index contributed by atoms with van der Waals surface area (Å²) in [6.07, 6.45) is 3.44. The molecule has 0 saturated heterocycles. The van der Waals surface area contributed by atoms with E-state index >= 15 is 0 Å². The van der Waals surface area contributed by atoms with Crippen LogP contribution in [0.2, 0.25) is 0 Å². The van der Waals surface area contributed by atoms with Gasteiger partial charge in [-0.25, -0.2) is 10.1 Å². The maximum Gasteiger partial charge on any atom is 0.285 e. The van der Waals surface area contributed by atoms with Crippen molar-refractivity contribution in [2.24, 2.45) is 5.10 Å². The van der Waals surface area contributed by atoms with Crippen LogP contribution >= 0.6 is 11.5 Å². The molecule has 0 saturated carbocycles. The van der Waals surface area contributed by atoms with Crippen molar-refractivity contribution in [1.29, 1.82) is 0 Å². The van der Waals surface area contributed by atoms with Gasteiger partial charge in [-0.2, -0.15) is 10.2 Å². The second-order valence-corrected chi connectivity index (χ2v) is 7.08. The maximum atomic E-state index is 12.2. The van der Waals surface area contributed by atoms with Crippen molar-refractivity contribution >= 4 is 23.7 Å². The second kappa shape index (κ2) is 8.66. The number of aryl methyl sites for hydroxylation is 1.